The minimum Gasteiger partial charge on any atom is -0.494 e. The molecule has 0 aliphatic carbocycles. The molecule has 1 atom stereocenters. The van der Waals surface area contributed by atoms with Crippen LogP contribution in [0.15, 0.2) is 53.9 Å². The van der Waals surface area contributed by atoms with Crippen molar-refractivity contribution < 1.29 is 9.53 Å². The Balaban J connectivity index is 1.37. The number of benzene rings is 2. The maximum atomic E-state index is 12.7. The van der Waals surface area contributed by atoms with E-state index in [-0.39, 0.29) is 5.91 Å². The summed E-state index contributed by atoms with van der Waals surface area (Å²) in [6, 6.07) is 16.4. The molecule has 1 aromatic heterocycles. The maximum absolute atomic E-state index is 12.7. The molecule has 0 spiro atoms. The lowest BCUT2D eigenvalue weighted by atomic mass is 10.2. The second-order valence-corrected chi connectivity index (χ2v) is 8.71. The van der Waals surface area contributed by atoms with E-state index in [1.165, 1.54) is 23.4 Å². The van der Waals surface area contributed by atoms with E-state index in [4.69, 9.17) is 4.74 Å². The average molecular weight is 437 g/mol. The van der Waals surface area contributed by atoms with Crippen LogP contribution in [-0.4, -0.2) is 55.6 Å². The Morgan fingerprint density at radius 2 is 1.94 bits per heavy atom. The summed E-state index contributed by atoms with van der Waals surface area (Å²) in [5, 5.41) is 5.56. The van der Waals surface area contributed by atoms with Crippen LogP contribution in [0.4, 0.5) is 11.4 Å². The summed E-state index contributed by atoms with van der Waals surface area (Å²) in [6.45, 7) is 4.68. The van der Waals surface area contributed by atoms with Gasteiger partial charge in [-0.1, -0.05) is 0 Å². The van der Waals surface area contributed by atoms with Crippen molar-refractivity contribution in [1.82, 2.24) is 9.88 Å². The van der Waals surface area contributed by atoms with Crippen LogP contribution in [0, 0.1) is 0 Å². The third-order valence-electron chi connectivity index (χ3n) is 5.53. The Morgan fingerprint density at radius 3 is 2.58 bits per heavy atom. The number of hydrogen-bond donors (Lipinski definition) is 1. The van der Waals surface area contributed by atoms with Crippen LogP contribution in [0.3, 0.4) is 0 Å². The number of amides is 1. The summed E-state index contributed by atoms with van der Waals surface area (Å²) in [4.78, 5) is 21.8. The maximum Gasteiger partial charge on any atom is 0.275 e. The van der Waals surface area contributed by atoms with Gasteiger partial charge < -0.3 is 19.9 Å². The highest BCUT2D eigenvalue weighted by atomic mass is 32.1. The lowest BCUT2D eigenvalue weighted by molar-refractivity contribution is 0.102. The zero-order chi connectivity index (χ0) is 21.8. The Bertz CT molecular complexity index is 1010. The molecule has 2 aromatic carbocycles. The molecule has 7 heteroatoms. The fraction of sp³-hybridized carbons (Fsp3) is 0.333. The summed E-state index contributed by atoms with van der Waals surface area (Å²) < 4.78 is 5.48. The highest BCUT2D eigenvalue weighted by molar-refractivity contribution is 7.13. The summed E-state index contributed by atoms with van der Waals surface area (Å²) in [7, 11) is 4.26. The molecule has 0 bridgehead atoms. The molecule has 1 N–H and O–H groups in total. The monoisotopic (exact) mass is 436 g/mol. The van der Waals surface area contributed by atoms with Gasteiger partial charge in [-0.25, -0.2) is 4.98 Å². The zero-order valence-electron chi connectivity index (χ0n) is 18.2. The van der Waals surface area contributed by atoms with Gasteiger partial charge in [-0.3, -0.25) is 4.79 Å². The van der Waals surface area contributed by atoms with Crippen LogP contribution in [0.2, 0.25) is 0 Å². The molecule has 1 aliphatic rings. The summed E-state index contributed by atoms with van der Waals surface area (Å²) >= 11 is 1.46. The molecular weight excluding hydrogens is 408 g/mol. The van der Waals surface area contributed by atoms with Gasteiger partial charge in [0.2, 0.25) is 0 Å². The molecule has 1 aliphatic heterocycles. The van der Waals surface area contributed by atoms with Gasteiger partial charge in [0.25, 0.3) is 5.91 Å². The van der Waals surface area contributed by atoms with Gasteiger partial charge in [0, 0.05) is 41.4 Å². The molecule has 4 rings (SSSR count). The second kappa shape index (κ2) is 9.49. The fourth-order valence-corrected chi connectivity index (χ4v) is 4.53. The first-order valence-electron chi connectivity index (χ1n) is 10.5. The molecule has 1 fully saturated rings. The molecule has 0 saturated carbocycles. The van der Waals surface area contributed by atoms with Gasteiger partial charge in [-0.15, -0.1) is 11.3 Å². The van der Waals surface area contributed by atoms with Crippen LogP contribution < -0.4 is 15.0 Å². The van der Waals surface area contributed by atoms with Gasteiger partial charge in [0.1, 0.15) is 16.5 Å². The van der Waals surface area contributed by atoms with Crippen molar-refractivity contribution in [3.05, 3.63) is 59.6 Å². The molecule has 31 heavy (non-hydrogen) atoms. The van der Waals surface area contributed by atoms with E-state index >= 15 is 0 Å². The smallest absolute Gasteiger partial charge is 0.275 e. The standard InChI is InChI=1S/C24H28N4O2S/c1-4-30-21-11-5-17(6-12-21)24-26-22(16-31-24)23(29)25-18-7-9-19(10-8-18)28-14-13-20(15-28)27(2)3/h5-12,16,20H,4,13-15H2,1-3H3,(H,25,29). The number of thiazole rings is 1. The molecule has 0 radical (unpaired) electrons. The largest absolute Gasteiger partial charge is 0.494 e. The van der Waals surface area contributed by atoms with Crippen LogP contribution in [0.1, 0.15) is 23.8 Å². The van der Waals surface area contributed by atoms with E-state index < -0.39 is 0 Å². The van der Waals surface area contributed by atoms with E-state index in [0.29, 0.717) is 18.3 Å². The summed E-state index contributed by atoms with van der Waals surface area (Å²) in [5.74, 6) is 0.630. The quantitative estimate of drug-likeness (QED) is 0.587. The van der Waals surface area contributed by atoms with Crippen molar-refractivity contribution >= 4 is 28.6 Å². The van der Waals surface area contributed by atoms with Crippen molar-refractivity contribution in [3.63, 3.8) is 0 Å². The van der Waals surface area contributed by atoms with Crippen molar-refractivity contribution in [2.75, 3.05) is 44.0 Å². The van der Waals surface area contributed by atoms with E-state index in [9.17, 15) is 4.79 Å². The Labute approximate surface area is 187 Å². The number of ether oxygens (including phenoxy) is 1. The molecule has 6 nitrogen and oxygen atoms in total. The first-order valence-corrected chi connectivity index (χ1v) is 11.4. The number of aromatic nitrogens is 1. The second-order valence-electron chi connectivity index (χ2n) is 7.85. The van der Waals surface area contributed by atoms with E-state index in [2.05, 4.69) is 46.3 Å². The molecule has 1 amide bonds. The minimum absolute atomic E-state index is 0.199. The first-order chi connectivity index (χ1) is 15.0. The number of likely N-dealkylation sites (N-methyl/N-ethyl adjacent to an activating group) is 1. The topological polar surface area (TPSA) is 57.7 Å². The SMILES string of the molecule is CCOc1ccc(-c2nc(C(=O)Nc3ccc(N4CCC(N(C)C)C4)cc3)cs2)cc1. The average Bonchev–Trinajstić information content (AvgIpc) is 3.46. The van der Waals surface area contributed by atoms with E-state index in [0.717, 1.165) is 35.1 Å². The molecule has 162 valence electrons. The summed E-state index contributed by atoms with van der Waals surface area (Å²) in [5.41, 5.74) is 3.35. The first kappa shape index (κ1) is 21.3. The highest BCUT2D eigenvalue weighted by Crippen LogP contribution is 2.27. The highest BCUT2D eigenvalue weighted by Gasteiger charge is 2.24. The molecule has 1 saturated heterocycles. The van der Waals surface area contributed by atoms with Gasteiger partial charge in [-0.2, -0.15) is 0 Å². The lowest BCUT2D eigenvalue weighted by Gasteiger charge is -2.22. The van der Waals surface area contributed by atoms with Gasteiger partial charge >= 0.3 is 0 Å². The number of anilines is 2. The van der Waals surface area contributed by atoms with E-state index in [1.807, 2.05) is 43.3 Å². The van der Waals surface area contributed by atoms with Crippen molar-refractivity contribution in [3.8, 4) is 16.3 Å². The van der Waals surface area contributed by atoms with Gasteiger partial charge in [-0.05, 0) is 76.0 Å². The van der Waals surface area contributed by atoms with Crippen LogP contribution >= 0.6 is 11.3 Å². The van der Waals surface area contributed by atoms with Gasteiger partial charge in [0.15, 0.2) is 0 Å². The van der Waals surface area contributed by atoms with Gasteiger partial charge in [0.05, 0.1) is 6.61 Å². The van der Waals surface area contributed by atoms with E-state index in [1.54, 1.807) is 5.38 Å². The normalized spacial score (nSPS) is 16.0. The number of hydrogen-bond acceptors (Lipinski definition) is 6. The lowest BCUT2D eigenvalue weighted by Crippen LogP contribution is -2.31. The number of nitrogens with one attached hydrogen (secondary N) is 1. The predicted octanol–water partition coefficient (Wildman–Crippen LogP) is 4.60. The van der Waals surface area contributed by atoms with Crippen LogP contribution in [-0.2, 0) is 0 Å². The zero-order valence-corrected chi connectivity index (χ0v) is 19.0. The summed E-state index contributed by atoms with van der Waals surface area (Å²) in [6.07, 6.45) is 1.17. The van der Waals surface area contributed by atoms with Crippen molar-refractivity contribution in [2.45, 2.75) is 19.4 Å². The third-order valence-corrected chi connectivity index (χ3v) is 6.42. The fourth-order valence-electron chi connectivity index (χ4n) is 3.72. The predicted molar refractivity (Wildman–Crippen MR) is 127 cm³/mol. The number of carbonyl (C=O) groups excluding carboxylic acids is 1. The Kier molecular flexibility index (Phi) is 6.53. The number of carbonyl (C=O) groups is 1. The number of nitrogens with zero attached hydrogens (tertiary/aromatic N) is 3. The minimum atomic E-state index is -0.199. The molecule has 1 unspecified atom stereocenters. The molecular formula is C24H28N4O2S. The van der Waals surface area contributed by atoms with Crippen LogP contribution in [0.5, 0.6) is 5.75 Å². The third kappa shape index (κ3) is 5.06. The Morgan fingerprint density at radius 1 is 1.19 bits per heavy atom. The Hall–Kier alpha value is -2.90. The van der Waals surface area contributed by atoms with Crippen LogP contribution in [0.25, 0.3) is 10.6 Å². The number of rotatable bonds is 7. The molecule has 3 aromatic rings. The molecule has 2 heterocycles. The van der Waals surface area contributed by atoms with Crippen molar-refractivity contribution in [1.29, 1.82) is 0 Å². The van der Waals surface area contributed by atoms with Crippen molar-refractivity contribution in [2.24, 2.45) is 0 Å².